The van der Waals surface area contributed by atoms with Gasteiger partial charge in [-0.3, -0.25) is 0 Å². The van der Waals surface area contributed by atoms with Crippen LogP contribution in [0.25, 0.3) is 0 Å². The lowest BCUT2D eigenvalue weighted by molar-refractivity contribution is -0.0298. The number of carbonyl (C=O) groups excluding carboxylic acids is 1. The minimum atomic E-state index is -0.804. The number of cyclic esters (lactones) is 1. The van der Waals surface area contributed by atoms with Gasteiger partial charge in [0.15, 0.2) is 0 Å². The van der Waals surface area contributed by atoms with Crippen molar-refractivity contribution in [3.05, 3.63) is 108 Å². The molecule has 0 spiro atoms. The summed E-state index contributed by atoms with van der Waals surface area (Å²) in [4.78, 5) is 13.9. The third kappa shape index (κ3) is 3.83. The number of benzene rings is 3. The molecule has 0 aromatic heterocycles. The molecule has 1 aliphatic rings. The molecular formula is C26H27NO3. The molecule has 0 saturated carbocycles. The topological polar surface area (TPSA) is 38.8 Å². The molecule has 1 atom stereocenters. The van der Waals surface area contributed by atoms with Crippen molar-refractivity contribution in [1.29, 1.82) is 0 Å². The van der Waals surface area contributed by atoms with Crippen LogP contribution in [0.3, 0.4) is 0 Å². The Hall–Kier alpha value is -3.11. The van der Waals surface area contributed by atoms with E-state index in [4.69, 9.17) is 9.47 Å². The number of hydrogen-bond donors (Lipinski definition) is 0. The highest BCUT2D eigenvalue weighted by Gasteiger charge is 2.40. The second-order valence-corrected chi connectivity index (χ2v) is 7.84. The van der Waals surface area contributed by atoms with Gasteiger partial charge in [-0.2, -0.15) is 0 Å². The third-order valence-corrected chi connectivity index (χ3v) is 5.55. The Kier molecular flexibility index (Phi) is 5.86. The van der Waals surface area contributed by atoms with E-state index in [0.717, 1.165) is 16.7 Å². The summed E-state index contributed by atoms with van der Waals surface area (Å²) in [7, 11) is 0. The third-order valence-electron chi connectivity index (χ3n) is 5.55. The van der Waals surface area contributed by atoms with Gasteiger partial charge in [-0.25, -0.2) is 4.79 Å². The molecule has 0 N–H and O–H groups in total. The zero-order chi connectivity index (χ0) is 21.0. The fourth-order valence-electron chi connectivity index (χ4n) is 4.04. The maximum absolute atomic E-state index is 12.2. The fourth-order valence-corrected chi connectivity index (χ4v) is 4.04. The number of amides is 1. The Labute approximate surface area is 178 Å². The van der Waals surface area contributed by atoms with Crippen LogP contribution >= 0.6 is 0 Å². The summed E-state index contributed by atoms with van der Waals surface area (Å²) < 4.78 is 12.3. The van der Waals surface area contributed by atoms with Crippen LogP contribution in [-0.4, -0.2) is 36.3 Å². The van der Waals surface area contributed by atoms with Crippen LogP contribution in [0.4, 0.5) is 4.79 Å². The summed E-state index contributed by atoms with van der Waals surface area (Å²) in [6, 6.07) is 30.8. The molecule has 3 aromatic carbocycles. The van der Waals surface area contributed by atoms with Crippen LogP contribution in [0, 0.1) is 0 Å². The van der Waals surface area contributed by atoms with E-state index >= 15 is 0 Å². The maximum atomic E-state index is 12.2. The lowest BCUT2D eigenvalue weighted by atomic mass is 9.80. The smallest absolute Gasteiger partial charge is 0.410 e. The fraction of sp³-hybridized carbons (Fsp3) is 0.269. The van der Waals surface area contributed by atoms with Crippen LogP contribution in [-0.2, 0) is 15.1 Å². The molecule has 0 radical (unpaired) electrons. The highest BCUT2D eigenvalue weighted by atomic mass is 16.6. The van der Waals surface area contributed by atoms with E-state index in [2.05, 4.69) is 36.4 Å². The predicted octanol–water partition coefficient (Wildman–Crippen LogP) is 5.22. The molecule has 1 fully saturated rings. The first-order valence-electron chi connectivity index (χ1n) is 10.4. The highest BCUT2D eigenvalue weighted by Crippen LogP contribution is 2.40. The maximum Gasteiger partial charge on any atom is 0.410 e. The molecule has 1 saturated heterocycles. The Balaban J connectivity index is 1.75. The molecule has 30 heavy (non-hydrogen) atoms. The predicted molar refractivity (Wildman–Crippen MR) is 117 cm³/mol. The lowest BCUT2D eigenvalue weighted by Crippen LogP contribution is -2.37. The van der Waals surface area contributed by atoms with E-state index in [1.54, 1.807) is 4.90 Å². The molecule has 154 valence electrons. The molecule has 1 heterocycles. The van der Waals surface area contributed by atoms with Gasteiger partial charge in [0.25, 0.3) is 0 Å². The molecule has 1 aliphatic heterocycles. The summed E-state index contributed by atoms with van der Waals surface area (Å²) in [5, 5.41) is 0. The SMILES string of the molecule is CC(C)N1CC(COC(c2ccccc2)(c2ccccc2)c2ccccc2)OC1=O. The van der Waals surface area contributed by atoms with Gasteiger partial charge in [-0.05, 0) is 30.5 Å². The number of nitrogens with zero attached hydrogens (tertiary/aromatic N) is 1. The lowest BCUT2D eigenvalue weighted by Gasteiger charge is -2.36. The quantitative estimate of drug-likeness (QED) is 0.509. The average molecular weight is 402 g/mol. The van der Waals surface area contributed by atoms with E-state index in [1.165, 1.54) is 0 Å². The molecule has 4 heteroatoms. The van der Waals surface area contributed by atoms with Crippen molar-refractivity contribution in [2.45, 2.75) is 31.6 Å². The molecule has 3 aromatic rings. The van der Waals surface area contributed by atoms with E-state index in [0.29, 0.717) is 13.2 Å². The van der Waals surface area contributed by atoms with Crippen molar-refractivity contribution in [3.8, 4) is 0 Å². The summed E-state index contributed by atoms with van der Waals surface area (Å²) in [5.74, 6) is 0. The van der Waals surface area contributed by atoms with Gasteiger partial charge in [0.2, 0.25) is 0 Å². The Morgan fingerprint density at radius 2 is 1.30 bits per heavy atom. The Morgan fingerprint density at radius 1 is 0.867 bits per heavy atom. The van der Waals surface area contributed by atoms with Crippen molar-refractivity contribution in [2.75, 3.05) is 13.2 Å². The molecule has 0 aliphatic carbocycles. The molecule has 4 nitrogen and oxygen atoms in total. The first-order chi connectivity index (χ1) is 14.6. The minimum absolute atomic E-state index is 0.102. The van der Waals surface area contributed by atoms with Crippen LogP contribution in [0.15, 0.2) is 91.0 Å². The number of hydrogen-bond acceptors (Lipinski definition) is 3. The molecule has 4 rings (SSSR count). The average Bonchev–Trinajstić information content (AvgIpc) is 3.17. The van der Waals surface area contributed by atoms with E-state index < -0.39 is 5.60 Å². The minimum Gasteiger partial charge on any atom is -0.442 e. The number of rotatable bonds is 7. The summed E-state index contributed by atoms with van der Waals surface area (Å²) in [6.07, 6.45) is -0.584. The van der Waals surface area contributed by atoms with Crippen molar-refractivity contribution in [1.82, 2.24) is 4.90 Å². The van der Waals surface area contributed by atoms with Crippen LogP contribution < -0.4 is 0 Å². The number of carbonyl (C=O) groups is 1. The van der Waals surface area contributed by atoms with Gasteiger partial charge in [-0.1, -0.05) is 91.0 Å². The largest absolute Gasteiger partial charge is 0.442 e. The first-order valence-corrected chi connectivity index (χ1v) is 10.4. The number of ether oxygens (including phenoxy) is 2. The van der Waals surface area contributed by atoms with E-state index in [1.807, 2.05) is 68.4 Å². The first kappa shape index (κ1) is 20.2. The van der Waals surface area contributed by atoms with E-state index in [-0.39, 0.29) is 18.2 Å². The van der Waals surface area contributed by atoms with Gasteiger partial charge in [0.05, 0.1) is 13.2 Å². The highest BCUT2D eigenvalue weighted by molar-refractivity contribution is 5.70. The standard InChI is InChI=1S/C26H27NO3/c1-20(2)27-18-24(30-25(27)28)19-29-26(21-12-6-3-7-13-21,22-14-8-4-9-15-22)23-16-10-5-11-17-23/h3-17,20,24H,18-19H2,1-2H3. The molecule has 1 amide bonds. The second kappa shape index (κ2) is 8.72. The van der Waals surface area contributed by atoms with Gasteiger partial charge >= 0.3 is 6.09 Å². The Bertz CT molecular complexity index is 861. The van der Waals surface area contributed by atoms with E-state index in [9.17, 15) is 4.79 Å². The van der Waals surface area contributed by atoms with Gasteiger partial charge < -0.3 is 14.4 Å². The summed E-state index contributed by atoms with van der Waals surface area (Å²) in [6.45, 7) is 4.82. The van der Waals surface area contributed by atoms with Gasteiger partial charge in [-0.15, -0.1) is 0 Å². The van der Waals surface area contributed by atoms with Gasteiger partial charge in [0.1, 0.15) is 11.7 Å². The van der Waals surface area contributed by atoms with Crippen LogP contribution in [0.1, 0.15) is 30.5 Å². The zero-order valence-corrected chi connectivity index (χ0v) is 17.4. The molecule has 0 bridgehead atoms. The van der Waals surface area contributed by atoms with Crippen molar-refractivity contribution in [2.24, 2.45) is 0 Å². The van der Waals surface area contributed by atoms with Crippen molar-refractivity contribution < 1.29 is 14.3 Å². The molecule has 1 unspecified atom stereocenters. The van der Waals surface area contributed by atoms with Gasteiger partial charge in [0, 0.05) is 6.04 Å². The van der Waals surface area contributed by atoms with Crippen LogP contribution in [0.2, 0.25) is 0 Å². The zero-order valence-electron chi connectivity index (χ0n) is 17.4. The van der Waals surface area contributed by atoms with Crippen molar-refractivity contribution in [3.63, 3.8) is 0 Å². The second-order valence-electron chi connectivity index (χ2n) is 7.84. The normalized spacial score (nSPS) is 16.7. The van der Waals surface area contributed by atoms with Crippen molar-refractivity contribution >= 4 is 6.09 Å². The Morgan fingerprint density at radius 3 is 1.67 bits per heavy atom. The van der Waals surface area contributed by atoms with Crippen LogP contribution in [0.5, 0.6) is 0 Å². The monoisotopic (exact) mass is 401 g/mol. The summed E-state index contributed by atoms with van der Waals surface area (Å²) >= 11 is 0. The molecular weight excluding hydrogens is 374 g/mol. The summed E-state index contributed by atoms with van der Waals surface area (Å²) in [5.41, 5.74) is 2.30.